The molecule has 2 radical (unpaired) electrons. The van der Waals surface area contributed by atoms with E-state index in [0.717, 1.165) is 12.8 Å². The van der Waals surface area contributed by atoms with Crippen LogP contribution in [0, 0.1) is 42.5 Å². The van der Waals surface area contributed by atoms with E-state index in [2.05, 4.69) is 194 Å². The van der Waals surface area contributed by atoms with Crippen molar-refractivity contribution in [2.75, 3.05) is 0 Å². The van der Waals surface area contributed by atoms with Gasteiger partial charge >= 0.3 is 30.2 Å². The van der Waals surface area contributed by atoms with Crippen LogP contribution in [0.5, 0.6) is 0 Å². The van der Waals surface area contributed by atoms with Crippen LogP contribution in [-0.4, -0.2) is 6.88 Å². The van der Waals surface area contributed by atoms with Crippen molar-refractivity contribution in [2.45, 2.75) is 67.2 Å². The molecule has 56 heavy (non-hydrogen) atoms. The van der Waals surface area contributed by atoms with Crippen LogP contribution in [0.4, 0.5) is 0 Å². The minimum absolute atomic E-state index is 0. The van der Waals surface area contributed by atoms with Crippen molar-refractivity contribution in [1.82, 2.24) is 0 Å². The second kappa shape index (κ2) is 20.7. The third-order valence-electron chi connectivity index (χ3n) is 10.4. The van der Waals surface area contributed by atoms with E-state index in [1.54, 1.807) is 0 Å². The first kappa shape index (κ1) is 44.4. The average Bonchev–Trinajstić information content (AvgIpc) is 3.82. The van der Waals surface area contributed by atoms with E-state index in [1.165, 1.54) is 136 Å². The molecule has 0 heterocycles. The normalized spacial score (nSPS) is 10.4. The van der Waals surface area contributed by atoms with Gasteiger partial charge in [-0.1, -0.05) is 204 Å². The molecule has 0 saturated carbocycles. The molecule has 0 fully saturated rings. The summed E-state index contributed by atoms with van der Waals surface area (Å²) in [6.45, 7) is 16.1. The third kappa shape index (κ3) is 10.1. The summed E-state index contributed by atoms with van der Waals surface area (Å²) in [7, 11) is 0. The Hall–Kier alpha value is -4.36. The van der Waals surface area contributed by atoms with Crippen LogP contribution in [-0.2, 0) is 36.2 Å². The Bertz CT molecular complexity index is 2100. The standard InChI is InChI=1S/2C26H25.2CH3.Si.Zr/c2*1-4-5-20-16-25-23(21-10-6-18(2)7-11-21)14-15-24(26(25)17-20)22-12-8-19(3)9-13-22;;;;/h2*6-17H,4-5H2,1-3H3;2*1H3;;/q4*-1;;. The Morgan fingerprint density at radius 2 is 0.643 bits per heavy atom. The van der Waals surface area contributed by atoms with Gasteiger partial charge in [0.25, 0.3) is 0 Å². The van der Waals surface area contributed by atoms with Gasteiger partial charge < -0.3 is 14.9 Å². The first-order valence-electron chi connectivity index (χ1n) is 19.3. The fourth-order valence-corrected chi connectivity index (χ4v) is 7.53. The van der Waals surface area contributed by atoms with Crippen LogP contribution in [0.3, 0.4) is 0 Å². The maximum absolute atomic E-state index is 3.06. The Morgan fingerprint density at radius 3 is 0.911 bits per heavy atom. The van der Waals surface area contributed by atoms with E-state index < -0.39 is 0 Å². The van der Waals surface area contributed by atoms with Crippen molar-refractivity contribution in [3.63, 3.8) is 0 Å². The molecule has 0 spiro atoms. The molecule has 8 aromatic rings. The number of rotatable bonds is 8. The Morgan fingerprint density at radius 1 is 0.393 bits per heavy atom. The second-order valence-corrected chi connectivity index (χ2v) is 14.7. The third-order valence-corrected chi connectivity index (χ3v) is 10.4. The molecule has 8 aromatic carbocycles. The summed E-state index contributed by atoms with van der Waals surface area (Å²) in [6.07, 6.45) is 4.62. The van der Waals surface area contributed by atoms with Gasteiger partial charge in [0.1, 0.15) is 0 Å². The second-order valence-electron chi connectivity index (χ2n) is 14.7. The van der Waals surface area contributed by atoms with E-state index in [9.17, 15) is 0 Å². The summed E-state index contributed by atoms with van der Waals surface area (Å²) in [5.74, 6) is 0. The molecule has 0 saturated heterocycles. The SMILES string of the molecule is CCCc1cc2c(-c3ccc(C)cc3)ccc(-c3ccc(C)cc3)c2[cH-]1.CCCc1cc2c(-c3ccc(C)cc3)ccc(-c3ccc(C)cc3)c2[cH-]1.[CH3-].[CH3-].[Si]=[Zr]. The molecule has 0 atom stereocenters. The topological polar surface area (TPSA) is 0 Å². The molecule has 8 rings (SSSR count). The predicted molar refractivity (Wildman–Crippen MR) is 246 cm³/mol. The zero-order valence-electron chi connectivity index (χ0n) is 34.7. The first-order valence-corrected chi connectivity index (χ1v) is 23.5. The predicted octanol–water partition coefficient (Wildman–Crippen LogP) is 15.4. The Labute approximate surface area is 355 Å². The summed E-state index contributed by atoms with van der Waals surface area (Å²) in [4.78, 5) is 0. The van der Waals surface area contributed by atoms with Crippen molar-refractivity contribution < 1.29 is 23.3 Å². The van der Waals surface area contributed by atoms with Crippen LogP contribution in [0.1, 0.15) is 60.1 Å². The van der Waals surface area contributed by atoms with Gasteiger partial charge in [-0.05, 0) is 51.7 Å². The van der Waals surface area contributed by atoms with E-state index >= 15 is 0 Å². The van der Waals surface area contributed by atoms with E-state index in [0.29, 0.717) is 0 Å². The van der Waals surface area contributed by atoms with Gasteiger partial charge in [0.2, 0.25) is 0 Å². The summed E-state index contributed by atoms with van der Waals surface area (Å²) in [6, 6.07) is 54.2. The van der Waals surface area contributed by atoms with Crippen LogP contribution >= 0.6 is 0 Å². The van der Waals surface area contributed by atoms with Gasteiger partial charge in [-0.15, -0.1) is 44.8 Å². The summed E-state index contributed by atoms with van der Waals surface area (Å²) < 4.78 is 0. The first-order chi connectivity index (χ1) is 26.3. The van der Waals surface area contributed by atoms with Crippen molar-refractivity contribution in [1.29, 1.82) is 0 Å². The summed E-state index contributed by atoms with van der Waals surface area (Å²) >= 11 is 1.36. The monoisotopic (exact) mass is 822 g/mol. The molecule has 0 aliphatic heterocycles. The van der Waals surface area contributed by atoms with E-state index in [1.807, 2.05) is 0 Å². The van der Waals surface area contributed by atoms with Crippen molar-refractivity contribution >= 4 is 28.4 Å². The minimum atomic E-state index is 0. The summed E-state index contributed by atoms with van der Waals surface area (Å²) in [5.41, 5.74) is 18.6. The Balaban J connectivity index is 0.000000230. The van der Waals surface area contributed by atoms with Gasteiger partial charge in [-0.3, -0.25) is 0 Å². The molecule has 0 aromatic heterocycles. The van der Waals surface area contributed by atoms with Crippen molar-refractivity contribution in [3.8, 4) is 44.5 Å². The Kier molecular flexibility index (Phi) is 16.4. The van der Waals surface area contributed by atoms with E-state index in [-0.39, 0.29) is 14.9 Å². The summed E-state index contributed by atoms with van der Waals surface area (Å²) in [5, 5.41) is 5.48. The number of benzene rings is 6. The molecule has 0 N–H and O–H groups in total. The number of hydrogen-bond acceptors (Lipinski definition) is 0. The maximum atomic E-state index is 3.06. The molecule has 0 aliphatic rings. The van der Waals surface area contributed by atoms with Crippen LogP contribution < -0.4 is 0 Å². The van der Waals surface area contributed by atoms with Gasteiger partial charge in [0.15, 0.2) is 0 Å². The molecule has 0 nitrogen and oxygen atoms in total. The zero-order chi connectivity index (χ0) is 38.2. The molecule has 0 aliphatic carbocycles. The quantitative estimate of drug-likeness (QED) is 0.106. The fraction of sp³-hybridized carbons (Fsp3) is 0.185. The zero-order valence-corrected chi connectivity index (χ0v) is 38.1. The number of hydrogen-bond donors (Lipinski definition) is 0. The number of aryl methyl sites for hydroxylation is 6. The molecule has 0 amide bonds. The van der Waals surface area contributed by atoms with Gasteiger partial charge in [-0.25, -0.2) is 0 Å². The number of fused-ring (bicyclic) bond motifs is 2. The van der Waals surface area contributed by atoms with Crippen molar-refractivity contribution in [3.05, 3.63) is 194 Å². The molecule has 0 unspecified atom stereocenters. The van der Waals surface area contributed by atoms with E-state index in [4.69, 9.17) is 0 Å². The van der Waals surface area contributed by atoms with Crippen LogP contribution in [0.25, 0.3) is 66.1 Å². The molecular formula is C54H56SiZr-4. The molecule has 0 bridgehead atoms. The van der Waals surface area contributed by atoms with Gasteiger partial charge in [0, 0.05) is 0 Å². The molecular weight excluding hydrogens is 768 g/mol. The van der Waals surface area contributed by atoms with Crippen LogP contribution in [0.2, 0.25) is 0 Å². The molecule has 2 heteroatoms. The molecule has 284 valence electrons. The van der Waals surface area contributed by atoms with Gasteiger partial charge in [-0.2, -0.15) is 12.1 Å². The fourth-order valence-electron chi connectivity index (χ4n) is 7.53. The van der Waals surface area contributed by atoms with Gasteiger partial charge in [0.05, 0.1) is 0 Å². The van der Waals surface area contributed by atoms with Crippen LogP contribution in [0.15, 0.2) is 146 Å². The average molecular weight is 824 g/mol. The van der Waals surface area contributed by atoms with Crippen molar-refractivity contribution in [2.24, 2.45) is 0 Å².